The van der Waals surface area contributed by atoms with Gasteiger partial charge < -0.3 is 15.3 Å². The van der Waals surface area contributed by atoms with Crippen LogP contribution in [0, 0.1) is 5.92 Å². The van der Waals surface area contributed by atoms with Crippen LogP contribution in [0.15, 0.2) is 0 Å². The molecule has 2 unspecified atom stereocenters. The first-order valence-electron chi connectivity index (χ1n) is 6.87. The topological polar surface area (TPSA) is 52.6 Å². The Morgan fingerprint density at radius 2 is 2.41 bits per heavy atom. The summed E-state index contributed by atoms with van der Waals surface area (Å²) in [5.74, 6) is 0.789. The predicted molar refractivity (Wildman–Crippen MR) is 66.6 cm³/mol. The molecule has 0 bridgehead atoms. The summed E-state index contributed by atoms with van der Waals surface area (Å²) in [6.45, 7) is 5.00. The number of aliphatic hydroxyl groups excluding tert-OH is 1. The normalized spacial score (nSPS) is 33.3. The molecule has 2 atom stereocenters. The first kappa shape index (κ1) is 12.8. The third kappa shape index (κ3) is 2.47. The first-order chi connectivity index (χ1) is 8.22. The molecule has 0 radical (unpaired) electrons. The van der Waals surface area contributed by atoms with Crippen LogP contribution in [0.25, 0.3) is 0 Å². The molecular formula is C13H24N2O2. The van der Waals surface area contributed by atoms with Crippen LogP contribution < -0.4 is 5.32 Å². The predicted octanol–water partition coefficient (Wildman–Crippen LogP) is 0.750. The monoisotopic (exact) mass is 240 g/mol. The van der Waals surface area contributed by atoms with Crippen molar-refractivity contribution in [1.29, 1.82) is 0 Å². The Morgan fingerprint density at radius 1 is 1.59 bits per heavy atom. The summed E-state index contributed by atoms with van der Waals surface area (Å²) < 4.78 is 0. The number of nitrogens with zero attached hydrogens (tertiary/aromatic N) is 1. The maximum atomic E-state index is 12.6. The van der Waals surface area contributed by atoms with Gasteiger partial charge in [0.15, 0.2) is 0 Å². The van der Waals surface area contributed by atoms with E-state index in [9.17, 15) is 4.79 Å². The molecule has 2 fully saturated rings. The molecule has 0 aromatic heterocycles. The third-order valence-corrected chi connectivity index (χ3v) is 4.37. The number of amides is 1. The van der Waals surface area contributed by atoms with Gasteiger partial charge in [-0.15, -0.1) is 0 Å². The Bertz CT molecular complexity index is 275. The minimum absolute atomic E-state index is 0.240. The van der Waals surface area contributed by atoms with E-state index in [0.717, 1.165) is 51.7 Å². The Labute approximate surface area is 103 Å². The molecule has 4 nitrogen and oxygen atoms in total. The van der Waals surface area contributed by atoms with Gasteiger partial charge in [0.25, 0.3) is 0 Å². The first-order valence-corrected chi connectivity index (χ1v) is 6.87. The van der Waals surface area contributed by atoms with Gasteiger partial charge in [-0.1, -0.05) is 6.92 Å². The molecule has 2 rings (SSSR count). The van der Waals surface area contributed by atoms with Gasteiger partial charge in [-0.05, 0) is 44.6 Å². The summed E-state index contributed by atoms with van der Waals surface area (Å²) >= 11 is 0. The third-order valence-electron chi connectivity index (χ3n) is 4.37. The van der Waals surface area contributed by atoms with Crippen LogP contribution in [0.5, 0.6) is 0 Å². The van der Waals surface area contributed by atoms with E-state index in [0.29, 0.717) is 5.92 Å². The molecule has 0 saturated carbocycles. The summed E-state index contributed by atoms with van der Waals surface area (Å²) in [6, 6.07) is 0. The van der Waals surface area contributed by atoms with Gasteiger partial charge in [-0.2, -0.15) is 0 Å². The molecular weight excluding hydrogens is 216 g/mol. The van der Waals surface area contributed by atoms with Crippen molar-refractivity contribution in [2.45, 2.75) is 44.6 Å². The number of carbonyl (C=O) groups is 1. The van der Waals surface area contributed by atoms with Gasteiger partial charge in [0.1, 0.15) is 0 Å². The highest BCUT2D eigenvalue weighted by atomic mass is 16.3. The number of rotatable bonds is 4. The van der Waals surface area contributed by atoms with Crippen molar-refractivity contribution >= 4 is 5.91 Å². The molecule has 2 heterocycles. The number of hydrogen-bond donors (Lipinski definition) is 2. The van der Waals surface area contributed by atoms with Crippen LogP contribution in [0.1, 0.15) is 39.0 Å². The molecule has 2 N–H and O–H groups in total. The van der Waals surface area contributed by atoms with Crippen molar-refractivity contribution in [3.05, 3.63) is 0 Å². The highest BCUT2D eigenvalue weighted by Crippen LogP contribution is 2.29. The average molecular weight is 240 g/mol. The summed E-state index contributed by atoms with van der Waals surface area (Å²) in [6.07, 6.45) is 4.84. The Kier molecular flexibility index (Phi) is 4.05. The van der Waals surface area contributed by atoms with E-state index in [1.54, 1.807) is 0 Å². The maximum Gasteiger partial charge on any atom is 0.242 e. The van der Waals surface area contributed by atoms with Gasteiger partial charge in [0.05, 0.1) is 5.54 Å². The standard InChI is InChI=1S/C13H24N2O2/c1-2-13(6-3-7-14-13)12(17)15-8-4-11(10-15)5-9-16/h11,14,16H,2-10H2,1H3. The molecule has 2 saturated heterocycles. The molecule has 2 aliphatic heterocycles. The summed E-state index contributed by atoms with van der Waals surface area (Å²) in [5, 5.41) is 12.3. The van der Waals surface area contributed by atoms with E-state index < -0.39 is 0 Å². The lowest BCUT2D eigenvalue weighted by Gasteiger charge is -2.31. The van der Waals surface area contributed by atoms with Gasteiger partial charge in [0.2, 0.25) is 5.91 Å². The fraction of sp³-hybridized carbons (Fsp3) is 0.923. The van der Waals surface area contributed by atoms with E-state index in [1.165, 1.54) is 0 Å². The maximum absolute atomic E-state index is 12.6. The van der Waals surface area contributed by atoms with Crippen LogP contribution in [0.4, 0.5) is 0 Å². The van der Waals surface area contributed by atoms with E-state index >= 15 is 0 Å². The van der Waals surface area contributed by atoms with Crippen LogP contribution in [0.2, 0.25) is 0 Å². The van der Waals surface area contributed by atoms with E-state index in [2.05, 4.69) is 12.2 Å². The molecule has 0 spiro atoms. The van der Waals surface area contributed by atoms with E-state index in [4.69, 9.17) is 5.11 Å². The van der Waals surface area contributed by atoms with Gasteiger partial charge in [-0.3, -0.25) is 4.79 Å². The molecule has 4 heteroatoms. The highest BCUT2D eigenvalue weighted by Gasteiger charge is 2.43. The largest absolute Gasteiger partial charge is 0.396 e. The van der Waals surface area contributed by atoms with Crippen LogP contribution in [-0.2, 0) is 4.79 Å². The molecule has 1 amide bonds. The zero-order valence-corrected chi connectivity index (χ0v) is 10.7. The highest BCUT2D eigenvalue weighted by molar-refractivity contribution is 5.87. The van der Waals surface area contributed by atoms with Crippen molar-refractivity contribution in [3.8, 4) is 0 Å². The minimum Gasteiger partial charge on any atom is -0.396 e. The van der Waals surface area contributed by atoms with E-state index in [-0.39, 0.29) is 18.1 Å². The second kappa shape index (κ2) is 5.36. The molecule has 0 aromatic rings. The van der Waals surface area contributed by atoms with Gasteiger partial charge in [0, 0.05) is 19.7 Å². The number of hydrogen-bond acceptors (Lipinski definition) is 3. The smallest absolute Gasteiger partial charge is 0.242 e. The fourth-order valence-corrected chi connectivity index (χ4v) is 3.18. The number of carbonyl (C=O) groups excluding carboxylic acids is 1. The second-order valence-corrected chi connectivity index (χ2v) is 5.38. The molecule has 98 valence electrons. The summed E-state index contributed by atoms with van der Waals surface area (Å²) in [7, 11) is 0. The quantitative estimate of drug-likeness (QED) is 0.762. The number of aliphatic hydroxyl groups is 1. The van der Waals surface area contributed by atoms with Crippen LogP contribution in [0.3, 0.4) is 0 Å². The average Bonchev–Trinajstić information content (AvgIpc) is 2.98. The Balaban J connectivity index is 1.96. The Morgan fingerprint density at radius 3 is 3.00 bits per heavy atom. The number of likely N-dealkylation sites (tertiary alicyclic amines) is 1. The van der Waals surface area contributed by atoms with Crippen molar-refractivity contribution in [3.63, 3.8) is 0 Å². The zero-order valence-electron chi connectivity index (χ0n) is 10.7. The lowest BCUT2D eigenvalue weighted by molar-refractivity contribution is -0.137. The molecule has 0 aliphatic carbocycles. The minimum atomic E-state index is -0.284. The number of nitrogens with one attached hydrogen (secondary N) is 1. The van der Waals surface area contributed by atoms with Crippen molar-refractivity contribution < 1.29 is 9.90 Å². The van der Waals surface area contributed by atoms with Crippen molar-refractivity contribution in [2.24, 2.45) is 5.92 Å². The summed E-state index contributed by atoms with van der Waals surface area (Å²) in [5.41, 5.74) is -0.284. The van der Waals surface area contributed by atoms with Crippen molar-refractivity contribution in [2.75, 3.05) is 26.2 Å². The van der Waals surface area contributed by atoms with Crippen molar-refractivity contribution in [1.82, 2.24) is 10.2 Å². The summed E-state index contributed by atoms with van der Waals surface area (Å²) in [4.78, 5) is 14.6. The Hall–Kier alpha value is -0.610. The van der Waals surface area contributed by atoms with Crippen LogP contribution in [-0.4, -0.2) is 47.7 Å². The van der Waals surface area contributed by atoms with Gasteiger partial charge >= 0.3 is 0 Å². The fourth-order valence-electron chi connectivity index (χ4n) is 3.18. The SMILES string of the molecule is CCC1(C(=O)N2CCC(CCO)C2)CCCN1. The second-order valence-electron chi connectivity index (χ2n) is 5.38. The van der Waals surface area contributed by atoms with E-state index in [1.807, 2.05) is 4.90 Å². The van der Waals surface area contributed by atoms with Gasteiger partial charge in [-0.25, -0.2) is 0 Å². The molecule has 17 heavy (non-hydrogen) atoms. The lowest BCUT2D eigenvalue weighted by atomic mass is 9.92. The lowest BCUT2D eigenvalue weighted by Crippen LogP contribution is -2.54. The van der Waals surface area contributed by atoms with Crippen LogP contribution >= 0.6 is 0 Å². The molecule has 0 aromatic carbocycles. The molecule has 2 aliphatic rings. The zero-order chi connectivity index (χ0) is 12.3.